The molecule has 0 spiro atoms. The molecule has 0 fully saturated rings. The zero-order chi connectivity index (χ0) is 14.7. The van der Waals surface area contributed by atoms with Gasteiger partial charge in [0.2, 0.25) is 0 Å². The number of methoxy groups -OCH3 is 2. The summed E-state index contributed by atoms with van der Waals surface area (Å²) in [6, 6.07) is 5.29. The largest absolute Gasteiger partial charge is 0.465 e. The molecule has 1 aromatic carbocycles. The summed E-state index contributed by atoms with van der Waals surface area (Å²) in [5.74, 6) is 0.245. The minimum Gasteiger partial charge on any atom is -0.465 e. The summed E-state index contributed by atoms with van der Waals surface area (Å²) in [4.78, 5) is 18.9. The fourth-order valence-electron chi connectivity index (χ4n) is 1.92. The van der Waals surface area contributed by atoms with Gasteiger partial charge >= 0.3 is 5.97 Å². The summed E-state index contributed by atoms with van der Waals surface area (Å²) in [6.45, 7) is 2.28. The average molecular weight is 295 g/mol. The van der Waals surface area contributed by atoms with Gasteiger partial charge in [0, 0.05) is 12.7 Å². The number of rotatable bonds is 4. The molecule has 0 aliphatic heterocycles. The van der Waals surface area contributed by atoms with Crippen molar-refractivity contribution in [1.29, 1.82) is 0 Å². The standard InChI is InChI=1S/C14H15ClN2O3/c1-8-4-5-9(14(18)20-3)6-10(8)12-13(15)17-11(16-12)7-19-2/h4-6H,7H2,1-3H3,(H,16,17). The number of esters is 1. The molecule has 2 aromatic rings. The summed E-state index contributed by atoms with van der Waals surface area (Å²) in [6.07, 6.45) is 0. The van der Waals surface area contributed by atoms with Crippen molar-refractivity contribution in [3.05, 3.63) is 40.3 Å². The van der Waals surface area contributed by atoms with Gasteiger partial charge in [-0.2, -0.15) is 0 Å². The van der Waals surface area contributed by atoms with Crippen LogP contribution in [0.5, 0.6) is 0 Å². The van der Waals surface area contributed by atoms with Gasteiger partial charge in [-0.05, 0) is 24.6 Å². The normalized spacial score (nSPS) is 10.6. The van der Waals surface area contributed by atoms with Crippen LogP contribution in [0.2, 0.25) is 5.15 Å². The number of H-pyrrole nitrogens is 1. The molecule has 6 heteroatoms. The monoisotopic (exact) mass is 294 g/mol. The Kier molecular flexibility index (Phi) is 4.42. The molecule has 0 amide bonds. The Morgan fingerprint density at radius 1 is 1.40 bits per heavy atom. The van der Waals surface area contributed by atoms with Gasteiger partial charge < -0.3 is 14.5 Å². The summed E-state index contributed by atoms with van der Waals surface area (Å²) in [7, 11) is 2.93. The lowest BCUT2D eigenvalue weighted by molar-refractivity contribution is 0.0601. The third-order valence-electron chi connectivity index (χ3n) is 2.92. The number of imidazole rings is 1. The Hall–Kier alpha value is -1.85. The lowest BCUT2D eigenvalue weighted by atomic mass is 10.0. The number of hydrogen-bond acceptors (Lipinski definition) is 4. The third kappa shape index (κ3) is 2.84. The van der Waals surface area contributed by atoms with Crippen LogP contribution in [0.4, 0.5) is 0 Å². The van der Waals surface area contributed by atoms with Gasteiger partial charge in [0.25, 0.3) is 0 Å². The van der Waals surface area contributed by atoms with E-state index in [1.807, 2.05) is 13.0 Å². The van der Waals surface area contributed by atoms with Gasteiger partial charge in [-0.15, -0.1) is 0 Å². The summed E-state index contributed by atoms with van der Waals surface area (Å²) >= 11 is 6.14. The van der Waals surface area contributed by atoms with Crippen LogP contribution in [-0.2, 0) is 16.1 Å². The highest BCUT2D eigenvalue weighted by Gasteiger charge is 2.15. The second-order valence-corrected chi connectivity index (χ2v) is 4.66. The van der Waals surface area contributed by atoms with E-state index < -0.39 is 0 Å². The first-order valence-electron chi connectivity index (χ1n) is 5.99. The van der Waals surface area contributed by atoms with Gasteiger partial charge in [0.1, 0.15) is 12.4 Å². The van der Waals surface area contributed by atoms with Crippen LogP contribution in [0.25, 0.3) is 11.3 Å². The fourth-order valence-corrected chi connectivity index (χ4v) is 2.17. The molecule has 0 saturated heterocycles. The minimum atomic E-state index is -0.390. The maximum atomic E-state index is 11.6. The number of carbonyl (C=O) groups excluding carboxylic acids is 1. The fraction of sp³-hybridized carbons (Fsp3) is 0.286. The first-order chi connectivity index (χ1) is 9.56. The van der Waals surface area contributed by atoms with Gasteiger partial charge in [-0.25, -0.2) is 9.78 Å². The number of hydrogen-bond donors (Lipinski definition) is 1. The van der Waals surface area contributed by atoms with Gasteiger partial charge in [0.15, 0.2) is 5.15 Å². The van der Waals surface area contributed by atoms with Crippen molar-refractivity contribution in [2.75, 3.05) is 14.2 Å². The molecule has 20 heavy (non-hydrogen) atoms. The molecule has 5 nitrogen and oxygen atoms in total. The Balaban J connectivity index is 2.48. The van der Waals surface area contributed by atoms with E-state index in [-0.39, 0.29) is 5.97 Å². The Bertz CT molecular complexity index is 637. The maximum Gasteiger partial charge on any atom is 0.337 e. The van der Waals surface area contributed by atoms with E-state index in [0.29, 0.717) is 28.8 Å². The van der Waals surface area contributed by atoms with Crippen LogP contribution in [0.1, 0.15) is 21.7 Å². The van der Waals surface area contributed by atoms with E-state index in [1.165, 1.54) is 7.11 Å². The molecule has 0 aliphatic rings. The zero-order valence-electron chi connectivity index (χ0n) is 11.5. The highest BCUT2D eigenvalue weighted by Crippen LogP contribution is 2.29. The molecule has 0 atom stereocenters. The molecule has 0 unspecified atom stereocenters. The van der Waals surface area contributed by atoms with Crippen LogP contribution in [-0.4, -0.2) is 30.2 Å². The van der Waals surface area contributed by atoms with E-state index in [1.54, 1.807) is 19.2 Å². The lowest BCUT2D eigenvalue weighted by Gasteiger charge is -2.06. The molecule has 0 aliphatic carbocycles. The molecular formula is C14H15ClN2O3. The van der Waals surface area contributed by atoms with Crippen molar-refractivity contribution in [1.82, 2.24) is 9.97 Å². The van der Waals surface area contributed by atoms with Crippen molar-refractivity contribution in [2.45, 2.75) is 13.5 Å². The second-order valence-electron chi connectivity index (χ2n) is 4.30. The van der Waals surface area contributed by atoms with Crippen molar-refractivity contribution in [3.8, 4) is 11.3 Å². The van der Waals surface area contributed by atoms with E-state index in [2.05, 4.69) is 9.97 Å². The van der Waals surface area contributed by atoms with Crippen LogP contribution in [0.15, 0.2) is 18.2 Å². The topological polar surface area (TPSA) is 64.2 Å². The average Bonchev–Trinajstić information content (AvgIpc) is 2.79. The van der Waals surface area contributed by atoms with Crippen LogP contribution in [0.3, 0.4) is 0 Å². The Morgan fingerprint density at radius 2 is 2.15 bits per heavy atom. The quantitative estimate of drug-likeness (QED) is 0.881. The van der Waals surface area contributed by atoms with Crippen molar-refractivity contribution >= 4 is 17.6 Å². The molecule has 0 radical (unpaired) electrons. The van der Waals surface area contributed by atoms with Gasteiger partial charge in [-0.3, -0.25) is 0 Å². The van der Waals surface area contributed by atoms with Gasteiger partial charge in [0.05, 0.1) is 18.4 Å². The van der Waals surface area contributed by atoms with Gasteiger partial charge in [-0.1, -0.05) is 17.7 Å². The van der Waals surface area contributed by atoms with E-state index in [9.17, 15) is 4.79 Å². The van der Waals surface area contributed by atoms with Crippen molar-refractivity contribution in [2.24, 2.45) is 0 Å². The smallest absolute Gasteiger partial charge is 0.337 e. The molecule has 2 rings (SSSR count). The predicted octanol–water partition coefficient (Wildman–Crippen LogP) is 2.97. The predicted molar refractivity (Wildman–Crippen MR) is 75.8 cm³/mol. The highest BCUT2D eigenvalue weighted by molar-refractivity contribution is 6.32. The van der Waals surface area contributed by atoms with Crippen LogP contribution < -0.4 is 0 Å². The number of aryl methyl sites for hydroxylation is 1. The number of nitrogens with one attached hydrogen (secondary N) is 1. The SMILES string of the molecule is COCc1nc(Cl)c(-c2cc(C(=O)OC)ccc2C)[nH]1. The highest BCUT2D eigenvalue weighted by atomic mass is 35.5. The number of aromatic amines is 1. The molecule has 1 N–H and O–H groups in total. The molecule has 0 saturated carbocycles. The summed E-state index contributed by atoms with van der Waals surface area (Å²) in [5, 5.41) is 0.349. The molecule has 1 aromatic heterocycles. The van der Waals surface area contributed by atoms with E-state index >= 15 is 0 Å². The number of ether oxygens (including phenoxy) is 2. The first kappa shape index (κ1) is 14.6. The lowest BCUT2D eigenvalue weighted by Crippen LogP contribution is -2.01. The second kappa shape index (κ2) is 6.07. The number of aromatic nitrogens is 2. The van der Waals surface area contributed by atoms with E-state index in [4.69, 9.17) is 21.1 Å². The van der Waals surface area contributed by atoms with Crippen LogP contribution >= 0.6 is 11.6 Å². The molecule has 106 valence electrons. The number of carbonyl (C=O) groups is 1. The van der Waals surface area contributed by atoms with E-state index in [0.717, 1.165) is 11.1 Å². The number of nitrogens with zero attached hydrogens (tertiary/aromatic N) is 1. The maximum absolute atomic E-state index is 11.6. The Morgan fingerprint density at radius 3 is 2.80 bits per heavy atom. The van der Waals surface area contributed by atoms with Crippen molar-refractivity contribution < 1.29 is 14.3 Å². The summed E-state index contributed by atoms with van der Waals surface area (Å²) in [5.41, 5.74) is 2.92. The summed E-state index contributed by atoms with van der Waals surface area (Å²) < 4.78 is 9.74. The van der Waals surface area contributed by atoms with Crippen LogP contribution in [0, 0.1) is 6.92 Å². The Labute approximate surface area is 121 Å². The first-order valence-corrected chi connectivity index (χ1v) is 6.37. The molecular weight excluding hydrogens is 280 g/mol. The minimum absolute atomic E-state index is 0.343. The van der Waals surface area contributed by atoms with Crippen molar-refractivity contribution in [3.63, 3.8) is 0 Å². The zero-order valence-corrected chi connectivity index (χ0v) is 12.2. The third-order valence-corrected chi connectivity index (χ3v) is 3.19. The molecule has 0 bridgehead atoms. The number of benzene rings is 1. The number of halogens is 1. The molecule has 1 heterocycles.